The molecule has 2 aliphatic carbocycles. The number of ether oxygens (including phenoxy) is 1. The van der Waals surface area contributed by atoms with Crippen molar-refractivity contribution in [2.45, 2.75) is 37.6 Å². The van der Waals surface area contributed by atoms with Gasteiger partial charge in [0.25, 0.3) is 5.91 Å². The molecule has 6 heteroatoms. The molecule has 24 heavy (non-hydrogen) atoms. The summed E-state index contributed by atoms with van der Waals surface area (Å²) < 4.78 is 6.79. The smallest absolute Gasteiger partial charge is 0.357 e. The molecule has 1 amide bonds. The molecule has 0 atom stereocenters. The molecule has 0 unspecified atom stereocenters. The van der Waals surface area contributed by atoms with Crippen molar-refractivity contribution in [2.24, 2.45) is 0 Å². The Labute approximate surface area is 139 Å². The highest BCUT2D eigenvalue weighted by molar-refractivity contribution is 5.90. The Hall–Kier alpha value is -2.63. The fourth-order valence-electron chi connectivity index (χ4n) is 2.59. The second-order valence-electron chi connectivity index (χ2n) is 6.39. The first-order chi connectivity index (χ1) is 11.7. The Morgan fingerprint density at radius 1 is 1.17 bits per heavy atom. The molecule has 1 aromatic heterocycles. The lowest BCUT2D eigenvalue weighted by Crippen LogP contribution is -2.30. The lowest BCUT2D eigenvalue weighted by molar-refractivity contribution is -0.124. The van der Waals surface area contributed by atoms with E-state index in [0.29, 0.717) is 11.6 Å². The van der Waals surface area contributed by atoms with E-state index in [1.807, 2.05) is 30.3 Å². The Bertz CT molecular complexity index is 761. The van der Waals surface area contributed by atoms with E-state index in [9.17, 15) is 9.59 Å². The molecule has 2 saturated carbocycles. The van der Waals surface area contributed by atoms with Crippen LogP contribution in [0.1, 0.15) is 47.8 Å². The Balaban J connectivity index is 1.52. The number of para-hydroxylation sites is 1. The number of hydrogen-bond donors (Lipinski definition) is 1. The van der Waals surface area contributed by atoms with Crippen LogP contribution in [0, 0.1) is 0 Å². The largest absolute Gasteiger partial charge is 0.451 e. The van der Waals surface area contributed by atoms with Crippen LogP contribution >= 0.6 is 0 Å². The number of nitrogens with one attached hydrogen (secondary N) is 1. The number of esters is 1. The average molecular weight is 325 g/mol. The molecule has 0 radical (unpaired) electrons. The van der Waals surface area contributed by atoms with Gasteiger partial charge in [0.15, 0.2) is 12.3 Å². The molecule has 1 aromatic carbocycles. The predicted octanol–water partition coefficient (Wildman–Crippen LogP) is 2.19. The van der Waals surface area contributed by atoms with Crippen LogP contribution < -0.4 is 5.32 Å². The number of rotatable bonds is 6. The zero-order valence-electron chi connectivity index (χ0n) is 13.3. The molecule has 0 spiro atoms. The number of nitrogens with zero attached hydrogens (tertiary/aromatic N) is 2. The SMILES string of the molecule is O=C(COC(=O)c1cc(C2CC2)nn1-c1ccccc1)NC1CC1. The highest BCUT2D eigenvalue weighted by atomic mass is 16.5. The fourth-order valence-corrected chi connectivity index (χ4v) is 2.59. The minimum absolute atomic E-state index is 0.251. The maximum Gasteiger partial charge on any atom is 0.357 e. The minimum atomic E-state index is -0.524. The quantitative estimate of drug-likeness (QED) is 0.826. The predicted molar refractivity (Wildman–Crippen MR) is 87.0 cm³/mol. The summed E-state index contributed by atoms with van der Waals surface area (Å²) in [4.78, 5) is 24.1. The molecule has 6 nitrogen and oxygen atoms in total. The lowest BCUT2D eigenvalue weighted by Gasteiger charge is -2.08. The molecule has 1 heterocycles. The van der Waals surface area contributed by atoms with Gasteiger partial charge in [-0.15, -0.1) is 0 Å². The Kier molecular flexibility index (Phi) is 3.80. The van der Waals surface area contributed by atoms with Crippen LogP contribution in [-0.4, -0.2) is 34.3 Å². The average Bonchev–Trinajstić information content (AvgIpc) is 3.53. The van der Waals surface area contributed by atoms with Gasteiger partial charge in [0.05, 0.1) is 11.4 Å². The van der Waals surface area contributed by atoms with E-state index in [2.05, 4.69) is 10.4 Å². The van der Waals surface area contributed by atoms with Crippen LogP contribution in [-0.2, 0) is 9.53 Å². The van der Waals surface area contributed by atoms with Crippen molar-refractivity contribution in [3.05, 3.63) is 47.8 Å². The third-order valence-electron chi connectivity index (χ3n) is 4.21. The van der Waals surface area contributed by atoms with Gasteiger partial charge in [-0.25, -0.2) is 9.48 Å². The van der Waals surface area contributed by atoms with Gasteiger partial charge in [-0.05, 0) is 43.9 Å². The number of aromatic nitrogens is 2. The van der Waals surface area contributed by atoms with Crippen molar-refractivity contribution >= 4 is 11.9 Å². The third kappa shape index (κ3) is 3.32. The van der Waals surface area contributed by atoms with Gasteiger partial charge < -0.3 is 10.1 Å². The molecule has 2 aliphatic rings. The zero-order chi connectivity index (χ0) is 16.5. The van der Waals surface area contributed by atoms with E-state index in [-0.39, 0.29) is 18.6 Å². The van der Waals surface area contributed by atoms with Crippen LogP contribution in [0.2, 0.25) is 0 Å². The molecule has 0 saturated heterocycles. The highest BCUT2D eigenvalue weighted by Gasteiger charge is 2.30. The van der Waals surface area contributed by atoms with Crippen molar-refractivity contribution in [1.29, 1.82) is 0 Å². The normalized spacial score (nSPS) is 16.7. The van der Waals surface area contributed by atoms with Gasteiger partial charge >= 0.3 is 5.97 Å². The van der Waals surface area contributed by atoms with Crippen LogP contribution in [0.3, 0.4) is 0 Å². The number of carbonyl (C=O) groups is 2. The van der Waals surface area contributed by atoms with Crippen LogP contribution in [0.15, 0.2) is 36.4 Å². The van der Waals surface area contributed by atoms with Gasteiger partial charge in [0.1, 0.15) is 0 Å². The molecular weight excluding hydrogens is 306 g/mol. The van der Waals surface area contributed by atoms with Crippen molar-refractivity contribution in [1.82, 2.24) is 15.1 Å². The second-order valence-corrected chi connectivity index (χ2v) is 6.39. The molecule has 2 aromatic rings. The summed E-state index contributed by atoms with van der Waals surface area (Å²) in [6.45, 7) is -0.256. The zero-order valence-corrected chi connectivity index (χ0v) is 13.3. The summed E-state index contributed by atoms with van der Waals surface area (Å²) in [7, 11) is 0. The molecule has 0 aliphatic heterocycles. The lowest BCUT2D eigenvalue weighted by atomic mass is 10.2. The van der Waals surface area contributed by atoms with E-state index in [1.54, 1.807) is 10.7 Å². The van der Waals surface area contributed by atoms with Crippen LogP contribution in [0.4, 0.5) is 0 Å². The first-order valence-corrected chi connectivity index (χ1v) is 8.32. The number of amides is 1. The summed E-state index contributed by atoms with van der Waals surface area (Å²) in [6.07, 6.45) is 4.21. The van der Waals surface area contributed by atoms with Crippen LogP contribution in [0.25, 0.3) is 5.69 Å². The second kappa shape index (κ2) is 6.11. The summed E-state index contributed by atoms with van der Waals surface area (Å²) in [5, 5.41) is 7.37. The summed E-state index contributed by atoms with van der Waals surface area (Å²) in [5.41, 5.74) is 2.08. The summed E-state index contributed by atoms with van der Waals surface area (Å²) in [6, 6.07) is 11.5. The fraction of sp³-hybridized carbons (Fsp3) is 0.389. The first-order valence-electron chi connectivity index (χ1n) is 8.32. The van der Waals surface area contributed by atoms with Crippen LogP contribution in [0.5, 0.6) is 0 Å². The Morgan fingerprint density at radius 3 is 2.58 bits per heavy atom. The van der Waals surface area contributed by atoms with Crippen molar-refractivity contribution in [2.75, 3.05) is 6.61 Å². The van der Waals surface area contributed by atoms with Crippen molar-refractivity contribution in [3.63, 3.8) is 0 Å². The molecular formula is C18H19N3O3. The van der Waals surface area contributed by atoms with E-state index in [4.69, 9.17) is 4.74 Å². The number of carbonyl (C=O) groups excluding carboxylic acids is 2. The molecule has 124 valence electrons. The van der Waals surface area contributed by atoms with Gasteiger partial charge in [0, 0.05) is 12.0 Å². The number of hydrogen-bond acceptors (Lipinski definition) is 4. The van der Waals surface area contributed by atoms with E-state index >= 15 is 0 Å². The van der Waals surface area contributed by atoms with Crippen molar-refractivity contribution < 1.29 is 14.3 Å². The monoisotopic (exact) mass is 325 g/mol. The van der Waals surface area contributed by atoms with E-state index < -0.39 is 5.97 Å². The molecule has 2 fully saturated rings. The molecule has 4 rings (SSSR count). The first kappa shape index (κ1) is 14.9. The van der Waals surface area contributed by atoms with E-state index in [1.165, 1.54) is 0 Å². The van der Waals surface area contributed by atoms with E-state index in [0.717, 1.165) is 37.1 Å². The van der Waals surface area contributed by atoms with Gasteiger partial charge in [-0.1, -0.05) is 18.2 Å². The topological polar surface area (TPSA) is 73.2 Å². The highest BCUT2D eigenvalue weighted by Crippen LogP contribution is 2.39. The van der Waals surface area contributed by atoms with Gasteiger partial charge in [-0.3, -0.25) is 4.79 Å². The van der Waals surface area contributed by atoms with Gasteiger partial charge in [-0.2, -0.15) is 5.10 Å². The number of benzene rings is 1. The summed E-state index contributed by atoms with van der Waals surface area (Å²) >= 11 is 0. The third-order valence-corrected chi connectivity index (χ3v) is 4.21. The molecule has 0 bridgehead atoms. The Morgan fingerprint density at radius 2 is 1.92 bits per heavy atom. The van der Waals surface area contributed by atoms with Crippen molar-refractivity contribution in [3.8, 4) is 5.69 Å². The maximum absolute atomic E-state index is 12.4. The minimum Gasteiger partial charge on any atom is -0.451 e. The summed E-state index contributed by atoms with van der Waals surface area (Å²) in [5.74, 6) is -0.345. The standard InChI is InChI=1S/C18H19N3O3/c22-17(19-13-8-9-13)11-24-18(23)16-10-15(12-6-7-12)20-21(16)14-4-2-1-3-5-14/h1-5,10,12-13H,6-9,11H2,(H,19,22). The van der Waals surface area contributed by atoms with Gasteiger partial charge in [0.2, 0.25) is 0 Å². The molecule has 1 N–H and O–H groups in total. The maximum atomic E-state index is 12.4.